The van der Waals surface area contributed by atoms with Gasteiger partial charge in [-0.25, -0.2) is 22.2 Å². The molecule has 2 aromatic carbocycles. The van der Waals surface area contributed by atoms with Crippen LogP contribution in [0.1, 0.15) is 26.2 Å². The number of benzene rings is 2. The number of nitrogens with zero attached hydrogens (tertiary/aromatic N) is 3. The highest BCUT2D eigenvalue weighted by Gasteiger charge is 2.34. The Morgan fingerprint density at radius 1 is 1.16 bits per heavy atom. The van der Waals surface area contributed by atoms with Gasteiger partial charge in [0.1, 0.15) is 16.5 Å². The van der Waals surface area contributed by atoms with Crippen molar-refractivity contribution in [1.29, 1.82) is 0 Å². The summed E-state index contributed by atoms with van der Waals surface area (Å²) >= 11 is 0. The molecule has 0 aliphatic carbocycles. The van der Waals surface area contributed by atoms with Gasteiger partial charge in [-0.1, -0.05) is 19.1 Å². The quantitative estimate of drug-likeness (QED) is 0.605. The van der Waals surface area contributed by atoms with Crippen molar-refractivity contribution >= 4 is 32.9 Å². The third-order valence-electron chi connectivity index (χ3n) is 5.67. The number of aromatic nitrogens is 2. The van der Waals surface area contributed by atoms with Crippen LogP contribution in [-0.4, -0.2) is 41.3 Å². The highest BCUT2D eigenvalue weighted by atomic mass is 32.2. The molecule has 2 heterocycles. The molecule has 0 radical (unpaired) electrons. The summed E-state index contributed by atoms with van der Waals surface area (Å²) in [5.74, 6) is -1.99. The molecule has 0 atom stereocenters. The Morgan fingerprint density at radius 2 is 1.88 bits per heavy atom. The van der Waals surface area contributed by atoms with Crippen molar-refractivity contribution in [3.8, 4) is 0 Å². The van der Waals surface area contributed by atoms with Crippen LogP contribution in [-0.2, 0) is 21.4 Å². The Morgan fingerprint density at radius 3 is 2.59 bits per heavy atom. The third-order valence-corrected chi connectivity index (χ3v) is 7.59. The number of hydrogen-bond donors (Lipinski definition) is 1. The van der Waals surface area contributed by atoms with Crippen LogP contribution < -0.4 is 5.32 Å². The van der Waals surface area contributed by atoms with Crippen molar-refractivity contribution in [3.05, 3.63) is 54.1 Å². The molecule has 4 rings (SSSR count). The van der Waals surface area contributed by atoms with Crippen LogP contribution in [0.4, 0.5) is 14.7 Å². The van der Waals surface area contributed by atoms with Crippen LogP contribution in [0.15, 0.2) is 47.4 Å². The predicted molar refractivity (Wildman–Crippen MR) is 116 cm³/mol. The van der Waals surface area contributed by atoms with Crippen molar-refractivity contribution < 1.29 is 22.0 Å². The number of piperidine rings is 1. The van der Waals surface area contributed by atoms with Gasteiger partial charge in [-0.2, -0.15) is 4.31 Å². The average molecular weight is 463 g/mol. The van der Waals surface area contributed by atoms with Gasteiger partial charge in [0.25, 0.3) is 0 Å². The fourth-order valence-corrected chi connectivity index (χ4v) is 5.55. The first-order valence-corrected chi connectivity index (χ1v) is 12.0. The van der Waals surface area contributed by atoms with Crippen LogP contribution in [0.3, 0.4) is 0 Å². The summed E-state index contributed by atoms with van der Waals surface area (Å²) in [7, 11) is -4.18. The summed E-state index contributed by atoms with van der Waals surface area (Å²) in [6, 6.07) is 9.98. The second-order valence-corrected chi connectivity index (χ2v) is 9.72. The number of carbonyl (C=O) groups is 1. The van der Waals surface area contributed by atoms with Gasteiger partial charge in [0.05, 0.1) is 11.0 Å². The first kappa shape index (κ1) is 22.3. The van der Waals surface area contributed by atoms with E-state index in [0.717, 1.165) is 33.9 Å². The number of sulfonamides is 1. The number of carbonyl (C=O) groups excluding carboxylic acids is 1. The largest absolute Gasteiger partial charge is 0.310 e. The number of halogens is 2. The van der Waals surface area contributed by atoms with Crippen LogP contribution in [0.5, 0.6) is 0 Å². The minimum absolute atomic E-state index is 0.0434. The first-order valence-electron chi connectivity index (χ1n) is 10.5. The molecule has 7 nitrogen and oxygen atoms in total. The topological polar surface area (TPSA) is 84.3 Å². The second-order valence-electron chi connectivity index (χ2n) is 7.82. The predicted octanol–water partition coefficient (Wildman–Crippen LogP) is 3.76. The Hall–Kier alpha value is -2.85. The van der Waals surface area contributed by atoms with Crippen molar-refractivity contribution in [1.82, 2.24) is 13.9 Å². The summed E-state index contributed by atoms with van der Waals surface area (Å²) in [6.07, 6.45) is 1.42. The summed E-state index contributed by atoms with van der Waals surface area (Å²) in [4.78, 5) is 16.7. The average Bonchev–Trinajstić information content (AvgIpc) is 3.12. The lowest BCUT2D eigenvalue weighted by Crippen LogP contribution is -2.41. The minimum atomic E-state index is -4.18. The van der Waals surface area contributed by atoms with E-state index in [4.69, 9.17) is 0 Å². The summed E-state index contributed by atoms with van der Waals surface area (Å²) in [6.45, 7) is 2.83. The standard InChI is InChI=1S/C22H24F2N4O3S/c1-2-11-28-19-6-4-3-5-18(19)25-22(28)26-21(29)15-9-12-27(13-10-15)32(30,31)20-14-16(23)7-8-17(20)24/h3-8,14-15H,2,9-13H2,1H3,(H,25,26,29). The van der Waals surface area contributed by atoms with E-state index in [2.05, 4.69) is 10.3 Å². The second kappa shape index (κ2) is 8.95. The lowest BCUT2D eigenvalue weighted by molar-refractivity contribution is -0.121. The molecule has 10 heteroatoms. The molecule has 1 saturated heterocycles. The van der Waals surface area contributed by atoms with E-state index in [0.29, 0.717) is 18.6 Å². The van der Waals surface area contributed by atoms with Gasteiger partial charge in [-0.05, 0) is 49.6 Å². The van der Waals surface area contributed by atoms with Crippen LogP contribution in [0.2, 0.25) is 0 Å². The van der Waals surface area contributed by atoms with Gasteiger partial charge in [0.15, 0.2) is 0 Å². The van der Waals surface area contributed by atoms with E-state index in [9.17, 15) is 22.0 Å². The summed E-state index contributed by atoms with van der Waals surface area (Å²) in [5.41, 5.74) is 1.72. The fraction of sp³-hybridized carbons (Fsp3) is 0.364. The van der Waals surface area contributed by atoms with E-state index in [1.165, 1.54) is 0 Å². The fourth-order valence-electron chi connectivity index (χ4n) is 4.01. The Balaban J connectivity index is 1.46. The maximum absolute atomic E-state index is 14.0. The Bertz CT molecular complexity index is 1250. The molecule has 1 amide bonds. The number of amides is 1. The van der Waals surface area contributed by atoms with Gasteiger partial charge in [0.2, 0.25) is 21.9 Å². The Labute approximate surface area is 185 Å². The highest BCUT2D eigenvalue weighted by Crippen LogP contribution is 2.27. The molecule has 3 aromatic rings. The van der Waals surface area contributed by atoms with E-state index < -0.39 is 32.5 Å². The lowest BCUT2D eigenvalue weighted by Gasteiger charge is -2.30. The first-order chi connectivity index (χ1) is 15.3. The zero-order valence-corrected chi connectivity index (χ0v) is 18.4. The molecular formula is C22H24F2N4O3S. The van der Waals surface area contributed by atoms with Crippen LogP contribution in [0, 0.1) is 17.6 Å². The SMILES string of the molecule is CCCn1c(NC(=O)C2CCN(S(=O)(=O)c3cc(F)ccc3F)CC2)nc2ccccc21. The van der Waals surface area contributed by atoms with Gasteiger partial charge in [-0.15, -0.1) is 0 Å². The molecule has 0 spiro atoms. The van der Waals surface area contributed by atoms with E-state index in [1.54, 1.807) is 0 Å². The van der Waals surface area contributed by atoms with Crippen molar-refractivity contribution in [2.75, 3.05) is 18.4 Å². The number of rotatable bonds is 6. The highest BCUT2D eigenvalue weighted by molar-refractivity contribution is 7.89. The number of fused-ring (bicyclic) bond motifs is 1. The van der Waals surface area contributed by atoms with E-state index in [1.807, 2.05) is 35.8 Å². The Kier molecular flexibility index (Phi) is 6.25. The van der Waals surface area contributed by atoms with Crippen LogP contribution >= 0.6 is 0 Å². The summed E-state index contributed by atoms with van der Waals surface area (Å²) < 4.78 is 56.0. The monoisotopic (exact) mass is 462 g/mol. The molecule has 1 aliphatic heterocycles. The van der Waals surface area contributed by atoms with Gasteiger partial charge >= 0.3 is 0 Å². The van der Waals surface area contributed by atoms with Crippen LogP contribution in [0.25, 0.3) is 11.0 Å². The van der Waals surface area contributed by atoms with Gasteiger partial charge < -0.3 is 4.57 Å². The van der Waals surface area contributed by atoms with Gasteiger partial charge in [-0.3, -0.25) is 10.1 Å². The summed E-state index contributed by atoms with van der Waals surface area (Å²) in [5, 5.41) is 2.89. The zero-order chi connectivity index (χ0) is 22.9. The van der Waals surface area contributed by atoms with Crippen molar-refractivity contribution in [3.63, 3.8) is 0 Å². The van der Waals surface area contributed by atoms with Crippen molar-refractivity contribution in [2.24, 2.45) is 5.92 Å². The third kappa shape index (κ3) is 4.24. The molecule has 170 valence electrons. The number of aryl methyl sites for hydroxylation is 1. The molecule has 1 aromatic heterocycles. The van der Waals surface area contributed by atoms with E-state index in [-0.39, 0.29) is 31.8 Å². The molecule has 1 N–H and O–H groups in total. The maximum atomic E-state index is 14.0. The number of imidazole rings is 1. The molecule has 0 unspecified atom stereocenters. The molecule has 0 saturated carbocycles. The molecule has 1 fully saturated rings. The molecular weight excluding hydrogens is 438 g/mol. The van der Waals surface area contributed by atoms with Gasteiger partial charge in [0, 0.05) is 25.6 Å². The zero-order valence-electron chi connectivity index (χ0n) is 17.6. The lowest BCUT2D eigenvalue weighted by atomic mass is 9.97. The number of anilines is 1. The smallest absolute Gasteiger partial charge is 0.246 e. The maximum Gasteiger partial charge on any atom is 0.246 e. The van der Waals surface area contributed by atoms with E-state index >= 15 is 0 Å². The number of para-hydroxylation sites is 2. The molecule has 0 bridgehead atoms. The molecule has 32 heavy (non-hydrogen) atoms. The minimum Gasteiger partial charge on any atom is -0.310 e. The normalized spacial score (nSPS) is 15.8. The number of nitrogens with one attached hydrogen (secondary N) is 1. The number of hydrogen-bond acceptors (Lipinski definition) is 4. The van der Waals surface area contributed by atoms with Crippen molar-refractivity contribution in [2.45, 2.75) is 37.6 Å². The molecule has 1 aliphatic rings.